The number of aromatic nitrogens is 4. The van der Waals surface area contributed by atoms with Crippen molar-refractivity contribution in [3.8, 4) is 5.69 Å². The third-order valence-corrected chi connectivity index (χ3v) is 4.63. The SMILES string of the molecule is Fc1c2nnsc2cc2ncn(-c3ccc(Br)cc3Cl)c12. The van der Waals surface area contributed by atoms with Gasteiger partial charge in [0.2, 0.25) is 0 Å². The van der Waals surface area contributed by atoms with E-state index < -0.39 is 5.82 Å². The number of fused-ring (bicyclic) bond motifs is 2. The smallest absolute Gasteiger partial charge is 0.178 e. The van der Waals surface area contributed by atoms with E-state index in [1.54, 1.807) is 29.1 Å². The van der Waals surface area contributed by atoms with Crippen LogP contribution in [0.3, 0.4) is 0 Å². The van der Waals surface area contributed by atoms with Gasteiger partial charge in [-0.05, 0) is 35.8 Å². The lowest BCUT2D eigenvalue weighted by Gasteiger charge is -2.07. The lowest BCUT2D eigenvalue weighted by molar-refractivity contribution is 0.642. The predicted molar refractivity (Wildman–Crippen MR) is 84.7 cm³/mol. The fraction of sp³-hybridized carbons (Fsp3) is 0. The van der Waals surface area contributed by atoms with E-state index in [2.05, 4.69) is 30.5 Å². The molecule has 0 amide bonds. The second-order valence-electron chi connectivity index (χ2n) is 4.39. The molecule has 104 valence electrons. The van der Waals surface area contributed by atoms with E-state index in [1.807, 2.05) is 6.07 Å². The Morgan fingerprint density at radius 1 is 1.29 bits per heavy atom. The van der Waals surface area contributed by atoms with E-state index in [-0.39, 0.29) is 5.52 Å². The van der Waals surface area contributed by atoms with Gasteiger partial charge in [-0.25, -0.2) is 9.37 Å². The lowest BCUT2D eigenvalue weighted by atomic mass is 10.2. The zero-order chi connectivity index (χ0) is 14.6. The summed E-state index contributed by atoms with van der Waals surface area (Å²) < 4.78 is 21.6. The molecule has 0 fully saturated rings. The third kappa shape index (κ3) is 1.96. The number of benzene rings is 2. The Kier molecular flexibility index (Phi) is 2.95. The Morgan fingerprint density at radius 3 is 2.95 bits per heavy atom. The van der Waals surface area contributed by atoms with Crippen LogP contribution in [0.5, 0.6) is 0 Å². The Hall–Kier alpha value is -1.57. The highest BCUT2D eigenvalue weighted by molar-refractivity contribution is 9.10. The average Bonchev–Trinajstić information content (AvgIpc) is 3.06. The highest BCUT2D eigenvalue weighted by Gasteiger charge is 2.17. The van der Waals surface area contributed by atoms with E-state index in [0.29, 0.717) is 26.4 Å². The minimum absolute atomic E-state index is 0.252. The van der Waals surface area contributed by atoms with Crippen molar-refractivity contribution >= 4 is 60.3 Å². The summed E-state index contributed by atoms with van der Waals surface area (Å²) in [7, 11) is 0. The van der Waals surface area contributed by atoms with E-state index in [9.17, 15) is 4.39 Å². The summed E-state index contributed by atoms with van der Waals surface area (Å²) >= 11 is 10.7. The Labute approximate surface area is 135 Å². The normalized spacial score (nSPS) is 11.6. The number of imidazole rings is 1. The molecule has 2 heterocycles. The molecule has 4 rings (SSSR count). The van der Waals surface area contributed by atoms with E-state index >= 15 is 0 Å². The first kappa shape index (κ1) is 13.1. The molecule has 21 heavy (non-hydrogen) atoms. The van der Waals surface area contributed by atoms with Gasteiger partial charge in [-0.2, -0.15) is 0 Å². The molecule has 8 heteroatoms. The van der Waals surface area contributed by atoms with Crippen LogP contribution in [0.2, 0.25) is 5.02 Å². The molecule has 0 aliphatic heterocycles. The van der Waals surface area contributed by atoms with Crippen LogP contribution in [-0.2, 0) is 0 Å². The van der Waals surface area contributed by atoms with Gasteiger partial charge in [0.05, 0.1) is 20.9 Å². The van der Waals surface area contributed by atoms with Gasteiger partial charge >= 0.3 is 0 Å². The second-order valence-corrected chi connectivity index (χ2v) is 6.50. The number of rotatable bonds is 1. The summed E-state index contributed by atoms with van der Waals surface area (Å²) in [4.78, 5) is 4.25. The summed E-state index contributed by atoms with van der Waals surface area (Å²) in [5, 5.41) is 4.33. The zero-order valence-electron chi connectivity index (χ0n) is 10.2. The van der Waals surface area contributed by atoms with Crippen LogP contribution in [0.15, 0.2) is 35.1 Å². The molecule has 0 spiro atoms. The minimum atomic E-state index is -0.437. The second kappa shape index (κ2) is 4.72. The Balaban J connectivity index is 2.09. The molecule has 0 saturated carbocycles. The topological polar surface area (TPSA) is 43.6 Å². The first-order chi connectivity index (χ1) is 10.1. The quantitative estimate of drug-likeness (QED) is 0.483. The first-order valence-electron chi connectivity index (χ1n) is 5.88. The van der Waals surface area contributed by atoms with Crippen LogP contribution in [0, 0.1) is 5.82 Å². The molecule has 0 aliphatic rings. The van der Waals surface area contributed by atoms with Gasteiger partial charge in [0, 0.05) is 4.47 Å². The van der Waals surface area contributed by atoms with Crippen molar-refractivity contribution in [1.29, 1.82) is 0 Å². The number of halogens is 3. The van der Waals surface area contributed by atoms with Gasteiger partial charge in [0.25, 0.3) is 0 Å². The molecule has 0 saturated heterocycles. The molecule has 2 aromatic carbocycles. The van der Waals surface area contributed by atoms with Gasteiger partial charge in [0.1, 0.15) is 17.4 Å². The number of nitrogens with zero attached hydrogens (tertiary/aromatic N) is 4. The molecule has 0 bridgehead atoms. The average molecular weight is 384 g/mol. The van der Waals surface area contributed by atoms with Crippen molar-refractivity contribution in [1.82, 2.24) is 19.1 Å². The molecule has 0 atom stereocenters. The van der Waals surface area contributed by atoms with Gasteiger partial charge < -0.3 is 0 Å². The molecular weight excluding hydrogens is 379 g/mol. The standard InChI is InChI=1S/C13H5BrClFN4S/c14-6-1-2-9(7(15)3-6)20-5-17-8-4-10-12(18-19-21-10)11(16)13(8)20/h1-5H. The maximum absolute atomic E-state index is 14.7. The molecular formula is C13H5BrClFN4S. The number of hydrogen-bond donors (Lipinski definition) is 0. The Bertz CT molecular complexity index is 997. The summed E-state index contributed by atoms with van der Waals surface area (Å²) in [6.45, 7) is 0. The molecule has 2 aromatic heterocycles. The molecule has 0 radical (unpaired) electrons. The van der Waals surface area contributed by atoms with Crippen LogP contribution in [0.4, 0.5) is 4.39 Å². The zero-order valence-corrected chi connectivity index (χ0v) is 13.4. The summed E-state index contributed by atoms with van der Waals surface area (Å²) in [5.41, 5.74) is 1.80. The summed E-state index contributed by atoms with van der Waals surface area (Å²) in [6, 6.07) is 7.18. The van der Waals surface area contributed by atoms with E-state index in [4.69, 9.17) is 11.6 Å². The van der Waals surface area contributed by atoms with Gasteiger partial charge in [-0.3, -0.25) is 4.57 Å². The summed E-state index contributed by atoms with van der Waals surface area (Å²) in [6.07, 6.45) is 1.56. The van der Waals surface area contributed by atoms with Crippen molar-refractivity contribution in [3.05, 3.63) is 45.9 Å². The third-order valence-electron chi connectivity index (χ3n) is 3.16. The highest BCUT2D eigenvalue weighted by atomic mass is 79.9. The number of hydrogen-bond acceptors (Lipinski definition) is 4. The fourth-order valence-electron chi connectivity index (χ4n) is 2.23. The summed E-state index contributed by atoms with van der Waals surface area (Å²) in [5.74, 6) is -0.437. The van der Waals surface area contributed by atoms with E-state index in [0.717, 1.165) is 16.0 Å². The predicted octanol–water partition coefficient (Wildman–Crippen LogP) is 4.59. The maximum atomic E-state index is 14.7. The van der Waals surface area contributed by atoms with Crippen molar-refractivity contribution < 1.29 is 4.39 Å². The van der Waals surface area contributed by atoms with Crippen LogP contribution in [-0.4, -0.2) is 19.1 Å². The molecule has 4 aromatic rings. The van der Waals surface area contributed by atoms with Crippen molar-refractivity contribution in [3.63, 3.8) is 0 Å². The lowest BCUT2D eigenvalue weighted by Crippen LogP contribution is -1.96. The van der Waals surface area contributed by atoms with Crippen LogP contribution >= 0.6 is 39.1 Å². The van der Waals surface area contributed by atoms with Gasteiger partial charge in [0.15, 0.2) is 5.82 Å². The van der Waals surface area contributed by atoms with Crippen molar-refractivity contribution in [2.45, 2.75) is 0 Å². The highest BCUT2D eigenvalue weighted by Crippen LogP contribution is 2.31. The van der Waals surface area contributed by atoms with Gasteiger partial charge in [-0.1, -0.05) is 32.0 Å². The minimum Gasteiger partial charge on any atom is -0.295 e. The molecule has 4 nitrogen and oxygen atoms in total. The van der Waals surface area contributed by atoms with Crippen LogP contribution in [0.1, 0.15) is 0 Å². The van der Waals surface area contributed by atoms with E-state index in [1.165, 1.54) is 0 Å². The van der Waals surface area contributed by atoms with Gasteiger partial charge in [-0.15, -0.1) is 5.10 Å². The molecule has 0 unspecified atom stereocenters. The van der Waals surface area contributed by atoms with Crippen LogP contribution in [0.25, 0.3) is 26.9 Å². The van der Waals surface area contributed by atoms with Crippen molar-refractivity contribution in [2.75, 3.05) is 0 Å². The monoisotopic (exact) mass is 382 g/mol. The van der Waals surface area contributed by atoms with Crippen molar-refractivity contribution in [2.24, 2.45) is 0 Å². The largest absolute Gasteiger partial charge is 0.295 e. The Morgan fingerprint density at radius 2 is 2.14 bits per heavy atom. The fourth-order valence-corrected chi connectivity index (χ4v) is 3.58. The molecule has 0 aliphatic carbocycles. The van der Waals surface area contributed by atoms with Crippen LogP contribution < -0.4 is 0 Å². The maximum Gasteiger partial charge on any atom is 0.178 e. The first-order valence-corrected chi connectivity index (χ1v) is 7.82. The molecule has 0 N–H and O–H groups in total.